The van der Waals surface area contributed by atoms with Gasteiger partial charge in [0.1, 0.15) is 0 Å². The van der Waals surface area contributed by atoms with Crippen LogP contribution in [-0.2, 0) is 9.59 Å². The number of carbonyl (C=O) groups is 2. The third-order valence-corrected chi connectivity index (χ3v) is 5.67. The van der Waals surface area contributed by atoms with Crippen LogP contribution in [0.3, 0.4) is 0 Å². The summed E-state index contributed by atoms with van der Waals surface area (Å²) in [4.78, 5) is 25.9. The van der Waals surface area contributed by atoms with Gasteiger partial charge in [-0.3, -0.25) is 9.59 Å². The Hall–Kier alpha value is -3.68. The van der Waals surface area contributed by atoms with Gasteiger partial charge in [-0.2, -0.15) is 0 Å². The van der Waals surface area contributed by atoms with Crippen LogP contribution in [-0.4, -0.2) is 50.2 Å². The predicted octanol–water partition coefficient (Wildman–Crippen LogP) is 3.10. The maximum Gasteiger partial charge on any atom is 0.255 e. The van der Waals surface area contributed by atoms with Crippen LogP contribution in [0.4, 0.5) is 0 Å². The van der Waals surface area contributed by atoms with Crippen molar-refractivity contribution in [2.24, 2.45) is 5.73 Å². The van der Waals surface area contributed by atoms with Crippen LogP contribution in [0.15, 0.2) is 42.5 Å². The Morgan fingerprint density at radius 3 is 2.70 bits per heavy atom. The molecule has 0 aromatic heterocycles. The summed E-state index contributed by atoms with van der Waals surface area (Å²) in [7, 11) is 1.51. The molecule has 0 aliphatic carbocycles. The van der Waals surface area contributed by atoms with Gasteiger partial charge in [-0.05, 0) is 54.3 Å². The highest BCUT2D eigenvalue weighted by Gasteiger charge is 2.29. The van der Waals surface area contributed by atoms with Gasteiger partial charge in [-0.15, -0.1) is 0 Å². The molecule has 2 heterocycles. The second-order valence-corrected chi connectivity index (χ2v) is 7.94. The number of rotatable bonds is 7. The minimum atomic E-state index is -0.569. The molecule has 4 rings (SSSR count). The highest BCUT2D eigenvalue weighted by atomic mass is 16.5. The zero-order chi connectivity index (χ0) is 23.2. The molecule has 2 aliphatic heterocycles. The van der Waals surface area contributed by atoms with Crippen molar-refractivity contribution >= 4 is 17.9 Å². The Morgan fingerprint density at radius 2 is 1.91 bits per heavy atom. The number of hydrogen-bond acceptors (Lipinski definition) is 6. The van der Waals surface area contributed by atoms with Gasteiger partial charge in [0.05, 0.1) is 26.4 Å². The monoisotopic (exact) mass is 452 g/mol. The number of carbonyl (C=O) groups excluding carboxylic acids is 2. The van der Waals surface area contributed by atoms with Crippen molar-refractivity contribution in [2.45, 2.75) is 25.3 Å². The van der Waals surface area contributed by atoms with Crippen LogP contribution in [0.2, 0.25) is 0 Å². The van der Waals surface area contributed by atoms with Crippen LogP contribution in [0.1, 0.15) is 36.4 Å². The lowest BCUT2D eigenvalue weighted by molar-refractivity contribution is -0.126. The summed E-state index contributed by atoms with van der Waals surface area (Å²) in [5, 5.41) is 0. The Kier molecular flexibility index (Phi) is 7.02. The van der Waals surface area contributed by atoms with Crippen LogP contribution in [0, 0.1) is 0 Å². The number of nitrogens with two attached hydrogens (primary N) is 1. The maximum atomic E-state index is 13.0. The van der Waals surface area contributed by atoms with Crippen LogP contribution in [0.5, 0.6) is 23.0 Å². The lowest BCUT2D eigenvalue weighted by Gasteiger charge is -2.24. The molecule has 1 unspecified atom stereocenters. The highest BCUT2D eigenvalue weighted by molar-refractivity contribution is 5.92. The van der Waals surface area contributed by atoms with Crippen molar-refractivity contribution in [3.63, 3.8) is 0 Å². The van der Waals surface area contributed by atoms with Gasteiger partial charge in [-0.1, -0.05) is 12.1 Å². The molecule has 2 aromatic rings. The Labute approximate surface area is 192 Å². The number of fused-ring (bicyclic) bond motifs is 1. The Bertz CT molecular complexity index is 1050. The van der Waals surface area contributed by atoms with E-state index in [-0.39, 0.29) is 18.6 Å². The average Bonchev–Trinajstić information content (AvgIpc) is 3.20. The number of amides is 2. The molecule has 2 amide bonds. The molecule has 0 radical (unpaired) electrons. The molecule has 0 bridgehead atoms. The molecule has 0 saturated carbocycles. The number of benzene rings is 2. The zero-order valence-corrected chi connectivity index (χ0v) is 18.6. The summed E-state index contributed by atoms with van der Waals surface area (Å²) in [6, 6.07) is 11.2. The molecule has 0 spiro atoms. The van der Waals surface area contributed by atoms with Crippen molar-refractivity contribution in [3.05, 3.63) is 53.6 Å². The average molecular weight is 453 g/mol. The standard InChI is InChI=1S/C25H28N2O6/c1-30-22-14-17(5-8-20(22)33-16-24(26)28)6-10-25(29)27-11-2-4-19(27)18-7-9-21-23(15-18)32-13-3-12-31-21/h5-10,14-15,19H,2-4,11-13,16H2,1H3,(H2,26,28)/b10-6+. The van der Waals surface area contributed by atoms with Gasteiger partial charge in [-0.25, -0.2) is 0 Å². The summed E-state index contributed by atoms with van der Waals surface area (Å²) < 4.78 is 22.2. The van der Waals surface area contributed by atoms with Gasteiger partial charge in [0.15, 0.2) is 29.6 Å². The normalized spacial score (nSPS) is 17.6. The second kappa shape index (κ2) is 10.3. The highest BCUT2D eigenvalue weighted by Crippen LogP contribution is 2.38. The largest absolute Gasteiger partial charge is 0.493 e. The van der Waals surface area contributed by atoms with Crippen LogP contribution in [0.25, 0.3) is 6.08 Å². The molecule has 8 heteroatoms. The van der Waals surface area contributed by atoms with Crippen LogP contribution < -0.4 is 24.7 Å². The van der Waals surface area contributed by atoms with Gasteiger partial charge in [0, 0.05) is 19.0 Å². The summed E-state index contributed by atoms with van der Waals surface area (Å²) >= 11 is 0. The lowest BCUT2D eigenvalue weighted by Crippen LogP contribution is -2.28. The molecule has 2 aromatic carbocycles. The van der Waals surface area contributed by atoms with Crippen molar-refractivity contribution in [2.75, 3.05) is 33.5 Å². The number of primary amides is 1. The van der Waals surface area contributed by atoms with E-state index in [1.165, 1.54) is 7.11 Å². The molecular formula is C25H28N2O6. The Morgan fingerprint density at radius 1 is 1.09 bits per heavy atom. The number of hydrogen-bond donors (Lipinski definition) is 1. The molecule has 1 fully saturated rings. The van der Waals surface area contributed by atoms with E-state index in [1.807, 2.05) is 23.1 Å². The minimum Gasteiger partial charge on any atom is -0.493 e. The van der Waals surface area contributed by atoms with E-state index in [0.717, 1.165) is 41.9 Å². The van der Waals surface area contributed by atoms with E-state index in [4.69, 9.17) is 24.7 Å². The molecule has 8 nitrogen and oxygen atoms in total. The molecule has 174 valence electrons. The third kappa shape index (κ3) is 5.39. The summed E-state index contributed by atoms with van der Waals surface area (Å²) in [6.07, 6.45) is 6.01. The van der Waals surface area contributed by atoms with Crippen molar-refractivity contribution in [3.8, 4) is 23.0 Å². The first-order valence-corrected chi connectivity index (χ1v) is 11.0. The smallest absolute Gasteiger partial charge is 0.255 e. The first-order chi connectivity index (χ1) is 16.0. The first-order valence-electron chi connectivity index (χ1n) is 11.0. The fourth-order valence-corrected chi connectivity index (χ4v) is 4.08. The number of nitrogens with zero attached hydrogens (tertiary/aromatic N) is 1. The topological polar surface area (TPSA) is 100 Å². The molecule has 2 N–H and O–H groups in total. The first kappa shape index (κ1) is 22.5. The molecule has 33 heavy (non-hydrogen) atoms. The van der Waals surface area contributed by atoms with E-state index in [1.54, 1.807) is 30.4 Å². The fourth-order valence-electron chi connectivity index (χ4n) is 4.08. The van der Waals surface area contributed by atoms with E-state index in [2.05, 4.69) is 0 Å². The number of likely N-dealkylation sites (tertiary alicyclic amines) is 1. The number of methoxy groups -OCH3 is 1. The van der Waals surface area contributed by atoms with Gasteiger partial charge in [0.2, 0.25) is 5.91 Å². The molecular weight excluding hydrogens is 424 g/mol. The molecule has 1 saturated heterocycles. The van der Waals surface area contributed by atoms with Gasteiger partial charge in [0.25, 0.3) is 5.91 Å². The third-order valence-electron chi connectivity index (χ3n) is 5.67. The molecule has 1 atom stereocenters. The summed E-state index contributed by atoms with van der Waals surface area (Å²) in [5.74, 6) is 1.73. The number of ether oxygens (including phenoxy) is 4. The summed E-state index contributed by atoms with van der Waals surface area (Å²) in [5.41, 5.74) is 6.95. The van der Waals surface area contributed by atoms with Crippen LogP contribution >= 0.6 is 0 Å². The van der Waals surface area contributed by atoms with E-state index >= 15 is 0 Å². The SMILES string of the molecule is COc1cc(/C=C/C(=O)N2CCCC2c2ccc3c(c2)OCCCO3)ccc1OCC(N)=O. The quantitative estimate of drug-likeness (QED) is 0.648. The molecule has 2 aliphatic rings. The predicted molar refractivity (Wildman–Crippen MR) is 122 cm³/mol. The van der Waals surface area contributed by atoms with E-state index in [0.29, 0.717) is 31.3 Å². The Balaban J connectivity index is 1.46. The van der Waals surface area contributed by atoms with Crippen molar-refractivity contribution < 1.29 is 28.5 Å². The van der Waals surface area contributed by atoms with E-state index < -0.39 is 5.91 Å². The lowest BCUT2D eigenvalue weighted by atomic mass is 10.0. The minimum absolute atomic E-state index is 0.00147. The van der Waals surface area contributed by atoms with Gasteiger partial charge >= 0.3 is 0 Å². The van der Waals surface area contributed by atoms with Gasteiger partial charge < -0.3 is 29.6 Å². The fraction of sp³-hybridized carbons (Fsp3) is 0.360. The second-order valence-electron chi connectivity index (χ2n) is 7.94. The maximum absolute atomic E-state index is 13.0. The zero-order valence-electron chi connectivity index (χ0n) is 18.6. The summed E-state index contributed by atoms with van der Waals surface area (Å²) in [6.45, 7) is 1.74. The van der Waals surface area contributed by atoms with E-state index in [9.17, 15) is 9.59 Å². The van der Waals surface area contributed by atoms with Crippen molar-refractivity contribution in [1.82, 2.24) is 4.90 Å². The van der Waals surface area contributed by atoms with Crippen molar-refractivity contribution in [1.29, 1.82) is 0 Å².